The van der Waals surface area contributed by atoms with Gasteiger partial charge < -0.3 is 10.2 Å². The molecular weight excluding hydrogens is 244 g/mol. The van der Waals surface area contributed by atoms with Crippen LogP contribution < -0.4 is 0 Å². The monoisotopic (exact) mass is 252 g/mol. The maximum absolute atomic E-state index is 11.2. The van der Waals surface area contributed by atoms with E-state index in [2.05, 4.69) is 9.97 Å². The minimum Gasteiger partial charge on any atom is -0.476 e. The zero-order valence-electron chi connectivity index (χ0n) is 9.42. The molecule has 0 atom stereocenters. The molecule has 0 saturated carbocycles. The van der Waals surface area contributed by atoms with Crippen LogP contribution in [0.5, 0.6) is 0 Å². The first-order chi connectivity index (χ1) is 8.25. The molecule has 0 aliphatic heterocycles. The molecular formula is C10H8N2O6. The normalized spacial score (nSPS) is 9.89. The number of Topliss-reactive ketones (excluding diaryl/α,β-unsaturated/α-hetero) is 2. The van der Waals surface area contributed by atoms with Crippen LogP contribution in [0, 0.1) is 0 Å². The van der Waals surface area contributed by atoms with Crippen LogP contribution in [0.1, 0.15) is 55.8 Å². The van der Waals surface area contributed by atoms with Crippen LogP contribution in [0.15, 0.2) is 0 Å². The quantitative estimate of drug-likeness (QED) is 0.729. The molecule has 1 aromatic heterocycles. The van der Waals surface area contributed by atoms with Gasteiger partial charge in [0.05, 0.1) is 0 Å². The molecule has 0 bridgehead atoms. The highest BCUT2D eigenvalue weighted by Gasteiger charge is 2.26. The molecule has 1 heterocycles. The van der Waals surface area contributed by atoms with E-state index in [0.717, 1.165) is 13.8 Å². The zero-order valence-corrected chi connectivity index (χ0v) is 9.42. The number of carboxylic acids is 2. The minimum atomic E-state index is -1.59. The standard InChI is InChI=1S/C10H8N2O6/c1-3(13)5-7(9(15)16)12-8(10(17)18)6(11-5)4(2)14/h1-2H3,(H,15,16)(H,17,18). The fourth-order valence-electron chi connectivity index (χ4n) is 1.22. The first kappa shape index (κ1) is 13.4. The molecule has 0 radical (unpaired) electrons. The molecule has 0 aliphatic carbocycles. The lowest BCUT2D eigenvalue weighted by atomic mass is 10.1. The van der Waals surface area contributed by atoms with E-state index in [1.54, 1.807) is 0 Å². The second-order valence-electron chi connectivity index (χ2n) is 3.34. The number of carbonyl (C=O) groups excluding carboxylic acids is 2. The molecule has 18 heavy (non-hydrogen) atoms. The molecule has 0 aliphatic rings. The number of rotatable bonds is 4. The summed E-state index contributed by atoms with van der Waals surface area (Å²) in [5.41, 5.74) is -2.66. The first-order valence-electron chi connectivity index (χ1n) is 4.66. The molecule has 8 nitrogen and oxygen atoms in total. The van der Waals surface area contributed by atoms with Gasteiger partial charge in [-0.25, -0.2) is 19.6 Å². The van der Waals surface area contributed by atoms with Crippen LogP contribution in [0.3, 0.4) is 0 Å². The number of aromatic nitrogens is 2. The second kappa shape index (κ2) is 4.70. The number of carbonyl (C=O) groups is 4. The molecule has 2 N–H and O–H groups in total. The summed E-state index contributed by atoms with van der Waals surface area (Å²) in [4.78, 5) is 50.9. The number of ketones is 2. The molecule has 8 heteroatoms. The molecule has 0 fully saturated rings. The summed E-state index contributed by atoms with van der Waals surface area (Å²) in [5, 5.41) is 17.6. The van der Waals surface area contributed by atoms with E-state index >= 15 is 0 Å². The van der Waals surface area contributed by atoms with Gasteiger partial charge >= 0.3 is 11.9 Å². The van der Waals surface area contributed by atoms with Crippen molar-refractivity contribution in [3.63, 3.8) is 0 Å². The highest BCUT2D eigenvalue weighted by molar-refractivity contribution is 6.07. The number of hydrogen-bond donors (Lipinski definition) is 2. The van der Waals surface area contributed by atoms with Crippen LogP contribution in [0.2, 0.25) is 0 Å². The highest BCUT2D eigenvalue weighted by Crippen LogP contribution is 2.11. The molecule has 0 spiro atoms. The summed E-state index contributed by atoms with van der Waals surface area (Å²) in [7, 11) is 0. The van der Waals surface area contributed by atoms with Crippen molar-refractivity contribution < 1.29 is 29.4 Å². The van der Waals surface area contributed by atoms with Gasteiger partial charge in [0.2, 0.25) is 0 Å². The SMILES string of the molecule is CC(=O)c1nc(C(C)=O)c(C(=O)O)nc1C(=O)O. The van der Waals surface area contributed by atoms with Gasteiger partial charge in [-0.15, -0.1) is 0 Å². The largest absolute Gasteiger partial charge is 0.476 e. The van der Waals surface area contributed by atoms with Gasteiger partial charge in [0.15, 0.2) is 23.0 Å². The van der Waals surface area contributed by atoms with Gasteiger partial charge in [0.25, 0.3) is 0 Å². The van der Waals surface area contributed by atoms with E-state index in [0.29, 0.717) is 0 Å². The van der Waals surface area contributed by atoms with E-state index in [4.69, 9.17) is 10.2 Å². The van der Waals surface area contributed by atoms with Crippen LogP contribution in [-0.4, -0.2) is 43.7 Å². The van der Waals surface area contributed by atoms with Gasteiger partial charge in [-0.1, -0.05) is 0 Å². The number of aromatic carboxylic acids is 2. The summed E-state index contributed by atoms with van der Waals surface area (Å²) in [6.45, 7) is 2.08. The summed E-state index contributed by atoms with van der Waals surface area (Å²) < 4.78 is 0. The van der Waals surface area contributed by atoms with Crippen molar-refractivity contribution in [2.24, 2.45) is 0 Å². The fourth-order valence-corrected chi connectivity index (χ4v) is 1.22. The summed E-state index contributed by atoms with van der Waals surface area (Å²) >= 11 is 0. The van der Waals surface area contributed by atoms with Crippen molar-refractivity contribution >= 4 is 23.5 Å². The first-order valence-corrected chi connectivity index (χ1v) is 4.66. The molecule has 94 valence electrons. The van der Waals surface area contributed by atoms with E-state index < -0.39 is 46.3 Å². The van der Waals surface area contributed by atoms with Crippen molar-refractivity contribution in [1.29, 1.82) is 0 Å². The van der Waals surface area contributed by atoms with E-state index in [9.17, 15) is 19.2 Å². The molecule has 0 aromatic carbocycles. The Morgan fingerprint density at radius 2 is 1.00 bits per heavy atom. The number of hydrogen-bond acceptors (Lipinski definition) is 6. The van der Waals surface area contributed by atoms with Crippen LogP contribution in [0.25, 0.3) is 0 Å². The molecule has 0 saturated heterocycles. The third-order valence-corrected chi connectivity index (χ3v) is 1.97. The Morgan fingerprint density at radius 3 is 1.22 bits per heavy atom. The average Bonchev–Trinajstić information content (AvgIpc) is 2.26. The number of nitrogens with zero attached hydrogens (tertiary/aromatic N) is 2. The lowest BCUT2D eigenvalue weighted by molar-refractivity contribution is 0.0674. The van der Waals surface area contributed by atoms with Gasteiger partial charge in [0, 0.05) is 13.8 Å². The van der Waals surface area contributed by atoms with Crippen molar-refractivity contribution in [2.75, 3.05) is 0 Å². The Labute approximate surface area is 100 Å². The molecule has 1 rings (SSSR count). The predicted octanol–water partition coefficient (Wildman–Crippen LogP) is 0.278. The van der Waals surface area contributed by atoms with Gasteiger partial charge in [-0.2, -0.15) is 0 Å². The Morgan fingerprint density at radius 1 is 0.722 bits per heavy atom. The summed E-state index contributed by atoms with van der Waals surface area (Å²) in [6.07, 6.45) is 0. The van der Waals surface area contributed by atoms with Crippen LogP contribution in [0.4, 0.5) is 0 Å². The van der Waals surface area contributed by atoms with Crippen molar-refractivity contribution in [1.82, 2.24) is 9.97 Å². The van der Waals surface area contributed by atoms with Crippen molar-refractivity contribution in [3.05, 3.63) is 22.8 Å². The Balaban J connectivity index is 3.71. The minimum absolute atomic E-state index is 0.544. The Hall–Kier alpha value is -2.64. The van der Waals surface area contributed by atoms with Gasteiger partial charge in [-0.05, 0) is 0 Å². The summed E-state index contributed by atoms with van der Waals surface area (Å²) in [6, 6.07) is 0. The Bertz CT molecular complexity index is 480. The second-order valence-corrected chi connectivity index (χ2v) is 3.34. The fraction of sp³-hybridized carbons (Fsp3) is 0.200. The molecule has 0 amide bonds. The van der Waals surface area contributed by atoms with E-state index in [-0.39, 0.29) is 0 Å². The average molecular weight is 252 g/mol. The van der Waals surface area contributed by atoms with Crippen LogP contribution >= 0.6 is 0 Å². The zero-order chi connectivity index (χ0) is 14.0. The lowest BCUT2D eigenvalue weighted by Crippen LogP contribution is -2.20. The highest BCUT2D eigenvalue weighted by atomic mass is 16.4. The smallest absolute Gasteiger partial charge is 0.356 e. The third-order valence-electron chi connectivity index (χ3n) is 1.97. The van der Waals surface area contributed by atoms with Crippen LogP contribution in [-0.2, 0) is 0 Å². The third kappa shape index (κ3) is 2.37. The lowest BCUT2D eigenvalue weighted by Gasteiger charge is -2.06. The predicted molar refractivity (Wildman–Crippen MR) is 56.0 cm³/mol. The topological polar surface area (TPSA) is 135 Å². The van der Waals surface area contributed by atoms with Crippen molar-refractivity contribution in [2.45, 2.75) is 13.8 Å². The molecule has 0 unspecified atom stereocenters. The van der Waals surface area contributed by atoms with Crippen molar-refractivity contribution in [3.8, 4) is 0 Å². The maximum atomic E-state index is 11.2. The van der Waals surface area contributed by atoms with E-state index in [1.807, 2.05) is 0 Å². The van der Waals surface area contributed by atoms with Gasteiger partial charge in [-0.3, -0.25) is 9.59 Å². The Kier molecular flexibility index (Phi) is 3.50. The van der Waals surface area contributed by atoms with Gasteiger partial charge in [0.1, 0.15) is 11.4 Å². The number of carboxylic acid groups (broad SMARTS) is 2. The maximum Gasteiger partial charge on any atom is 0.356 e. The van der Waals surface area contributed by atoms with E-state index in [1.165, 1.54) is 0 Å². The summed E-state index contributed by atoms with van der Waals surface area (Å²) in [5.74, 6) is -4.63. The molecule has 1 aromatic rings.